The molecule has 0 saturated carbocycles. The van der Waals surface area contributed by atoms with Gasteiger partial charge in [-0.3, -0.25) is 9.69 Å². The van der Waals surface area contributed by atoms with Crippen molar-refractivity contribution in [2.24, 2.45) is 0 Å². The molecule has 1 aromatic rings. The van der Waals surface area contributed by atoms with Crippen LogP contribution in [0, 0.1) is 0 Å². The molecule has 20 heavy (non-hydrogen) atoms. The third kappa shape index (κ3) is 2.70. The van der Waals surface area contributed by atoms with E-state index >= 15 is 0 Å². The summed E-state index contributed by atoms with van der Waals surface area (Å²) in [7, 11) is 0. The van der Waals surface area contributed by atoms with Gasteiger partial charge in [0.1, 0.15) is 5.75 Å². The molecule has 0 atom stereocenters. The Morgan fingerprint density at radius 2 is 1.80 bits per heavy atom. The highest BCUT2D eigenvalue weighted by Gasteiger charge is 2.25. The van der Waals surface area contributed by atoms with Crippen LogP contribution >= 0.6 is 0 Å². The van der Waals surface area contributed by atoms with Gasteiger partial charge in [-0.1, -0.05) is 6.08 Å². The van der Waals surface area contributed by atoms with Gasteiger partial charge in [-0.25, -0.2) is 0 Å². The first kappa shape index (κ1) is 13.2. The highest BCUT2D eigenvalue weighted by Crippen LogP contribution is 2.22. The van der Waals surface area contributed by atoms with E-state index < -0.39 is 0 Å². The van der Waals surface area contributed by atoms with Gasteiger partial charge >= 0.3 is 0 Å². The fraction of sp³-hybridized carbons (Fsp3) is 0.438. The fourth-order valence-electron chi connectivity index (χ4n) is 2.93. The quantitative estimate of drug-likeness (QED) is 0.917. The van der Waals surface area contributed by atoms with Crippen molar-refractivity contribution in [3.63, 3.8) is 0 Å². The lowest BCUT2D eigenvalue weighted by Crippen LogP contribution is -2.33. The van der Waals surface area contributed by atoms with Gasteiger partial charge in [-0.2, -0.15) is 0 Å². The van der Waals surface area contributed by atoms with Crippen molar-refractivity contribution < 1.29 is 9.90 Å². The zero-order valence-electron chi connectivity index (χ0n) is 11.6. The summed E-state index contributed by atoms with van der Waals surface area (Å²) in [5.41, 5.74) is 1.77. The van der Waals surface area contributed by atoms with Gasteiger partial charge in [0, 0.05) is 24.4 Å². The third-order valence-corrected chi connectivity index (χ3v) is 4.02. The zero-order valence-corrected chi connectivity index (χ0v) is 11.6. The molecule has 1 N–H and O–H groups in total. The number of carbonyl (C=O) groups is 1. The predicted octanol–water partition coefficient (Wildman–Crippen LogP) is 2.22. The lowest BCUT2D eigenvalue weighted by Gasteiger charge is -2.24. The van der Waals surface area contributed by atoms with Gasteiger partial charge in [-0.15, -0.1) is 0 Å². The maximum Gasteiger partial charge on any atom is 0.258 e. The van der Waals surface area contributed by atoms with Crippen LogP contribution in [-0.4, -0.2) is 47.0 Å². The van der Waals surface area contributed by atoms with Crippen LogP contribution in [0.4, 0.5) is 0 Å². The number of hydrogen-bond acceptors (Lipinski definition) is 3. The van der Waals surface area contributed by atoms with Gasteiger partial charge < -0.3 is 10.0 Å². The first-order valence-corrected chi connectivity index (χ1v) is 7.26. The molecule has 1 saturated heterocycles. The van der Waals surface area contributed by atoms with Crippen molar-refractivity contribution in [2.45, 2.75) is 19.3 Å². The molecule has 0 unspecified atom stereocenters. The number of phenols is 1. The maximum atomic E-state index is 12.5. The molecule has 1 amide bonds. The van der Waals surface area contributed by atoms with Gasteiger partial charge in [-0.05, 0) is 56.6 Å². The van der Waals surface area contributed by atoms with Gasteiger partial charge in [0.15, 0.2) is 0 Å². The molecule has 0 aromatic heterocycles. The lowest BCUT2D eigenvalue weighted by molar-refractivity contribution is 0.0809. The Morgan fingerprint density at radius 1 is 1.10 bits per heavy atom. The number of rotatable bonds is 3. The summed E-state index contributed by atoms with van der Waals surface area (Å²) in [5, 5.41) is 9.30. The molecule has 0 radical (unpaired) electrons. The Balaban J connectivity index is 1.70. The minimum absolute atomic E-state index is 0.0351. The zero-order chi connectivity index (χ0) is 13.9. The molecule has 2 aliphatic rings. The van der Waals surface area contributed by atoms with Crippen molar-refractivity contribution in [2.75, 3.05) is 26.2 Å². The number of benzene rings is 1. The molecule has 106 valence electrons. The minimum atomic E-state index is 0.0351. The fourth-order valence-corrected chi connectivity index (χ4v) is 2.93. The van der Waals surface area contributed by atoms with E-state index in [2.05, 4.69) is 11.0 Å². The smallest absolute Gasteiger partial charge is 0.258 e. The Hall–Kier alpha value is -1.81. The van der Waals surface area contributed by atoms with E-state index in [4.69, 9.17) is 0 Å². The number of likely N-dealkylation sites (tertiary alicyclic amines) is 1. The lowest BCUT2D eigenvalue weighted by atomic mass is 10.2. The summed E-state index contributed by atoms with van der Waals surface area (Å²) < 4.78 is 0. The minimum Gasteiger partial charge on any atom is -0.508 e. The molecular weight excluding hydrogens is 252 g/mol. The van der Waals surface area contributed by atoms with E-state index in [0.717, 1.165) is 38.3 Å². The molecular formula is C16H20N2O2. The van der Waals surface area contributed by atoms with E-state index in [1.54, 1.807) is 24.3 Å². The van der Waals surface area contributed by atoms with E-state index in [9.17, 15) is 9.90 Å². The Bertz CT molecular complexity index is 516. The highest BCUT2D eigenvalue weighted by molar-refractivity contribution is 5.95. The van der Waals surface area contributed by atoms with Crippen molar-refractivity contribution in [3.05, 3.63) is 41.6 Å². The standard InChI is InChI=1S/C16H20N2O2/c19-15-7-5-13(6-8-15)16(20)18-11-3-4-14(18)12-17-9-1-2-10-17/h4-8,19H,1-3,9-12H2. The summed E-state index contributed by atoms with van der Waals surface area (Å²) >= 11 is 0. The van der Waals surface area contributed by atoms with Crippen LogP contribution in [0.5, 0.6) is 5.75 Å². The summed E-state index contributed by atoms with van der Waals surface area (Å²) in [6.07, 6.45) is 5.64. The molecule has 3 rings (SSSR count). The second-order valence-electron chi connectivity index (χ2n) is 5.47. The van der Waals surface area contributed by atoms with Crippen LogP contribution in [-0.2, 0) is 0 Å². The van der Waals surface area contributed by atoms with Gasteiger partial charge in [0.2, 0.25) is 0 Å². The summed E-state index contributed by atoms with van der Waals surface area (Å²) in [6, 6.07) is 6.49. The second-order valence-corrected chi connectivity index (χ2v) is 5.47. The molecule has 0 spiro atoms. The Morgan fingerprint density at radius 3 is 2.50 bits per heavy atom. The van der Waals surface area contributed by atoms with Crippen LogP contribution < -0.4 is 0 Å². The average molecular weight is 272 g/mol. The van der Waals surface area contributed by atoms with E-state index in [1.165, 1.54) is 12.8 Å². The Kier molecular flexibility index (Phi) is 3.74. The molecule has 4 nitrogen and oxygen atoms in total. The predicted molar refractivity (Wildman–Crippen MR) is 77.5 cm³/mol. The molecule has 1 fully saturated rings. The van der Waals surface area contributed by atoms with E-state index in [1.807, 2.05) is 4.90 Å². The molecule has 2 aliphatic heterocycles. The summed E-state index contributed by atoms with van der Waals surface area (Å²) in [5.74, 6) is 0.226. The molecule has 1 aromatic carbocycles. The number of hydrogen-bond donors (Lipinski definition) is 1. The van der Waals surface area contributed by atoms with Crippen LogP contribution in [0.3, 0.4) is 0 Å². The SMILES string of the molecule is O=C(c1ccc(O)cc1)N1CCC=C1CN1CCCC1. The molecule has 0 aliphatic carbocycles. The first-order valence-electron chi connectivity index (χ1n) is 7.26. The molecule has 4 heteroatoms. The number of nitrogens with zero attached hydrogens (tertiary/aromatic N) is 2. The average Bonchev–Trinajstić information content (AvgIpc) is 3.11. The van der Waals surface area contributed by atoms with Crippen LogP contribution in [0.15, 0.2) is 36.0 Å². The normalized spacial score (nSPS) is 19.4. The maximum absolute atomic E-state index is 12.5. The topological polar surface area (TPSA) is 43.8 Å². The van der Waals surface area contributed by atoms with Gasteiger partial charge in [0.25, 0.3) is 5.91 Å². The highest BCUT2D eigenvalue weighted by atomic mass is 16.3. The van der Waals surface area contributed by atoms with Gasteiger partial charge in [0.05, 0.1) is 0 Å². The first-order chi connectivity index (χ1) is 9.74. The molecule has 0 bridgehead atoms. The number of amides is 1. The Labute approximate surface area is 119 Å². The van der Waals surface area contributed by atoms with Crippen LogP contribution in [0.25, 0.3) is 0 Å². The second kappa shape index (κ2) is 5.67. The van der Waals surface area contributed by atoms with Crippen molar-refractivity contribution in [1.82, 2.24) is 9.80 Å². The van der Waals surface area contributed by atoms with Crippen LogP contribution in [0.1, 0.15) is 29.6 Å². The molecule has 2 heterocycles. The number of aromatic hydroxyl groups is 1. The van der Waals surface area contributed by atoms with E-state index in [-0.39, 0.29) is 11.7 Å². The number of carbonyl (C=O) groups excluding carboxylic acids is 1. The van der Waals surface area contributed by atoms with Crippen molar-refractivity contribution >= 4 is 5.91 Å². The van der Waals surface area contributed by atoms with Crippen LogP contribution in [0.2, 0.25) is 0 Å². The van der Waals surface area contributed by atoms with Crippen molar-refractivity contribution in [1.29, 1.82) is 0 Å². The summed E-state index contributed by atoms with van der Waals surface area (Å²) in [6.45, 7) is 3.92. The van der Waals surface area contributed by atoms with Crippen molar-refractivity contribution in [3.8, 4) is 5.75 Å². The monoisotopic (exact) mass is 272 g/mol. The summed E-state index contributed by atoms with van der Waals surface area (Å²) in [4.78, 5) is 16.8. The largest absolute Gasteiger partial charge is 0.508 e. The van der Waals surface area contributed by atoms with E-state index in [0.29, 0.717) is 5.56 Å². The third-order valence-electron chi connectivity index (χ3n) is 4.02. The number of phenolic OH excluding ortho intramolecular Hbond substituents is 1.